The summed E-state index contributed by atoms with van der Waals surface area (Å²) in [5.41, 5.74) is 1.11. The van der Waals surface area contributed by atoms with E-state index < -0.39 is 0 Å². The summed E-state index contributed by atoms with van der Waals surface area (Å²) >= 11 is 5.20. The minimum absolute atomic E-state index is 0.754. The van der Waals surface area contributed by atoms with Crippen LogP contribution in [0.1, 0.15) is 17.4 Å². The standard InChI is InChI=1S/C13H17BrN4S/c1-3-15-5-10-6-16-13(17-7-10)18(2)8-12-4-11(14)9-19-12/h4,6-7,9,15H,3,5,8H2,1-2H3. The SMILES string of the molecule is CCNCc1cnc(N(C)Cc2cc(Br)cs2)nc1. The van der Waals surface area contributed by atoms with Crippen molar-refractivity contribution in [3.63, 3.8) is 0 Å². The van der Waals surface area contributed by atoms with Crippen molar-refractivity contribution in [2.45, 2.75) is 20.0 Å². The molecule has 4 nitrogen and oxygen atoms in total. The van der Waals surface area contributed by atoms with Crippen molar-refractivity contribution >= 4 is 33.2 Å². The Hall–Kier alpha value is -0.980. The lowest BCUT2D eigenvalue weighted by Crippen LogP contribution is -2.19. The zero-order chi connectivity index (χ0) is 13.7. The summed E-state index contributed by atoms with van der Waals surface area (Å²) in [4.78, 5) is 12.1. The number of halogens is 1. The summed E-state index contributed by atoms with van der Waals surface area (Å²) in [6.07, 6.45) is 3.76. The van der Waals surface area contributed by atoms with Crippen LogP contribution in [0.25, 0.3) is 0 Å². The molecule has 0 unspecified atom stereocenters. The predicted octanol–water partition coefficient (Wildman–Crippen LogP) is 3.05. The second kappa shape index (κ2) is 6.98. The summed E-state index contributed by atoms with van der Waals surface area (Å²) in [5, 5.41) is 5.35. The van der Waals surface area contributed by atoms with Crippen molar-refractivity contribution in [3.8, 4) is 0 Å². The van der Waals surface area contributed by atoms with Crippen molar-refractivity contribution in [1.82, 2.24) is 15.3 Å². The number of anilines is 1. The number of hydrogen-bond donors (Lipinski definition) is 1. The summed E-state index contributed by atoms with van der Waals surface area (Å²) in [6.45, 7) is 4.68. The predicted molar refractivity (Wildman–Crippen MR) is 83.5 cm³/mol. The van der Waals surface area contributed by atoms with Gasteiger partial charge in [-0.25, -0.2) is 9.97 Å². The molecule has 2 heterocycles. The number of rotatable bonds is 6. The van der Waals surface area contributed by atoms with E-state index in [9.17, 15) is 0 Å². The molecule has 6 heteroatoms. The minimum atomic E-state index is 0.754. The van der Waals surface area contributed by atoms with Crippen LogP contribution in [0.5, 0.6) is 0 Å². The molecule has 0 spiro atoms. The molecule has 0 fully saturated rings. The highest BCUT2D eigenvalue weighted by atomic mass is 79.9. The van der Waals surface area contributed by atoms with Crippen molar-refractivity contribution in [2.24, 2.45) is 0 Å². The van der Waals surface area contributed by atoms with Crippen LogP contribution < -0.4 is 10.2 Å². The Morgan fingerprint density at radius 2 is 2.11 bits per heavy atom. The number of hydrogen-bond acceptors (Lipinski definition) is 5. The van der Waals surface area contributed by atoms with Gasteiger partial charge in [-0.1, -0.05) is 6.92 Å². The molecular weight excluding hydrogens is 324 g/mol. The van der Waals surface area contributed by atoms with Crippen LogP contribution in [0.2, 0.25) is 0 Å². The maximum Gasteiger partial charge on any atom is 0.225 e. The third-order valence-corrected chi connectivity index (χ3v) is 4.31. The number of nitrogens with zero attached hydrogens (tertiary/aromatic N) is 3. The van der Waals surface area contributed by atoms with Gasteiger partial charge in [0.15, 0.2) is 0 Å². The van der Waals surface area contributed by atoms with Crippen LogP contribution in [0, 0.1) is 0 Å². The Labute approximate surface area is 126 Å². The quantitative estimate of drug-likeness (QED) is 0.877. The molecular formula is C13H17BrN4S. The monoisotopic (exact) mass is 340 g/mol. The Morgan fingerprint density at radius 3 is 2.68 bits per heavy atom. The van der Waals surface area contributed by atoms with Gasteiger partial charge >= 0.3 is 0 Å². The van der Waals surface area contributed by atoms with Gasteiger partial charge in [0.25, 0.3) is 0 Å². The lowest BCUT2D eigenvalue weighted by Gasteiger charge is -2.15. The molecule has 0 atom stereocenters. The molecule has 2 rings (SSSR count). The maximum absolute atomic E-state index is 4.40. The van der Waals surface area contributed by atoms with Crippen LogP contribution in [0.15, 0.2) is 28.3 Å². The molecule has 0 aliphatic rings. The lowest BCUT2D eigenvalue weighted by atomic mass is 10.3. The molecule has 0 aromatic carbocycles. The van der Waals surface area contributed by atoms with E-state index in [2.05, 4.69) is 54.5 Å². The molecule has 0 amide bonds. The first-order chi connectivity index (χ1) is 9.19. The fraction of sp³-hybridized carbons (Fsp3) is 0.385. The molecule has 19 heavy (non-hydrogen) atoms. The van der Waals surface area contributed by atoms with Gasteiger partial charge in [-0.3, -0.25) is 0 Å². The Kier molecular flexibility index (Phi) is 5.30. The summed E-state index contributed by atoms with van der Waals surface area (Å²) in [7, 11) is 2.01. The van der Waals surface area contributed by atoms with E-state index >= 15 is 0 Å². The normalized spacial score (nSPS) is 10.7. The molecule has 0 saturated heterocycles. The molecule has 0 bridgehead atoms. The van der Waals surface area contributed by atoms with Crippen LogP contribution >= 0.6 is 27.3 Å². The lowest BCUT2D eigenvalue weighted by molar-refractivity contribution is 0.719. The summed E-state index contributed by atoms with van der Waals surface area (Å²) in [6, 6.07) is 2.13. The molecule has 1 N–H and O–H groups in total. The first-order valence-corrected chi connectivity index (χ1v) is 7.82. The average Bonchev–Trinajstić information content (AvgIpc) is 2.82. The van der Waals surface area contributed by atoms with Crippen molar-refractivity contribution in [2.75, 3.05) is 18.5 Å². The van der Waals surface area contributed by atoms with Crippen molar-refractivity contribution in [1.29, 1.82) is 0 Å². The van der Waals surface area contributed by atoms with Gasteiger partial charge in [0.1, 0.15) is 0 Å². The van der Waals surface area contributed by atoms with Gasteiger partial charge < -0.3 is 10.2 Å². The molecule has 0 aliphatic heterocycles. The zero-order valence-electron chi connectivity index (χ0n) is 11.1. The highest BCUT2D eigenvalue weighted by molar-refractivity contribution is 9.10. The van der Waals surface area contributed by atoms with Gasteiger partial charge in [0.05, 0.1) is 6.54 Å². The van der Waals surface area contributed by atoms with E-state index in [1.54, 1.807) is 11.3 Å². The Morgan fingerprint density at radius 1 is 1.37 bits per heavy atom. The fourth-order valence-corrected chi connectivity index (χ4v) is 3.15. The van der Waals surface area contributed by atoms with Gasteiger partial charge in [-0.05, 0) is 28.5 Å². The first kappa shape index (κ1) is 14.4. The maximum atomic E-state index is 4.40. The van der Waals surface area contributed by atoms with E-state index in [4.69, 9.17) is 0 Å². The second-order valence-electron chi connectivity index (χ2n) is 4.26. The molecule has 0 saturated carbocycles. The average molecular weight is 341 g/mol. The van der Waals surface area contributed by atoms with Gasteiger partial charge in [0, 0.05) is 46.3 Å². The zero-order valence-corrected chi connectivity index (χ0v) is 13.5. The fourth-order valence-electron chi connectivity index (χ4n) is 1.65. The third-order valence-electron chi connectivity index (χ3n) is 2.63. The minimum Gasteiger partial charge on any atom is -0.339 e. The smallest absolute Gasteiger partial charge is 0.225 e. The molecule has 2 aromatic heterocycles. The van der Waals surface area contributed by atoms with E-state index in [1.165, 1.54) is 4.88 Å². The number of nitrogens with one attached hydrogen (secondary N) is 1. The Bertz CT molecular complexity index is 512. The molecule has 0 radical (unpaired) electrons. The largest absolute Gasteiger partial charge is 0.339 e. The first-order valence-electron chi connectivity index (χ1n) is 6.14. The highest BCUT2D eigenvalue weighted by Gasteiger charge is 2.07. The number of thiophene rings is 1. The van der Waals surface area contributed by atoms with Crippen LogP contribution in [0.4, 0.5) is 5.95 Å². The van der Waals surface area contributed by atoms with E-state index in [0.29, 0.717) is 0 Å². The van der Waals surface area contributed by atoms with Crippen LogP contribution in [-0.2, 0) is 13.1 Å². The number of aromatic nitrogens is 2. The molecule has 2 aromatic rings. The highest BCUT2D eigenvalue weighted by Crippen LogP contribution is 2.21. The van der Waals surface area contributed by atoms with Gasteiger partial charge in [0.2, 0.25) is 5.95 Å². The topological polar surface area (TPSA) is 41.1 Å². The van der Waals surface area contributed by atoms with E-state index in [1.807, 2.05) is 19.4 Å². The Balaban J connectivity index is 1.97. The summed E-state index contributed by atoms with van der Waals surface area (Å²) < 4.78 is 1.13. The van der Waals surface area contributed by atoms with Crippen LogP contribution in [-0.4, -0.2) is 23.6 Å². The van der Waals surface area contributed by atoms with E-state index in [-0.39, 0.29) is 0 Å². The van der Waals surface area contributed by atoms with Crippen molar-refractivity contribution in [3.05, 3.63) is 38.8 Å². The van der Waals surface area contributed by atoms with Gasteiger partial charge in [-0.15, -0.1) is 11.3 Å². The third kappa shape index (κ3) is 4.26. The van der Waals surface area contributed by atoms with Crippen molar-refractivity contribution < 1.29 is 0 Å². The van der Waals surface area contributed by atoms with Gasteiger partial charge in [-0.2, -0.15) is 0 Å². The van der Waals surface area contributed by atoms with E-state index in [0.717, 1.165) is 35.6 Å². The summed E-state index contributed by atoms with van der Waals surface area (Å²) in [5.74, 6) is 0.754. The molecule has 0 aliphatic carbocycles. The second-order valence-corrected chi connectivity index (χ2v) is 6.17. The van der Waals surface area contributed by atoms with Crippen LogP contribution in [0.3, 0.4) is 0 Å². The molecule has 102 valence electrons.